The Morgan fingerprint density at radius 3 is 2.64 bits per heavy atom. The van der Waals surface area contributed by atoms with E-state index >= 15 is 0 Å². The van der Waals surface area contributed by atoms with Gasteiger partial charge in [0.25, 0.3) is 0 Å². The molecule has 0 aliphatic carbocycles. The van der Waals surface area contributed by atoms with E-state index in [2.05, 4.69) is 28.7 Å². The summed E-state index contributed by atoms with van der Waals surface area (Å²) in [4.78, 5) is 0. The molecule has 0 spiro atoms. The molecule has 0 fully saturated rings. The fourth-order valence-corrected chi connectivity index (χ4v) is 1.62. The fraction of sp³-hybridized carbons (Fsp3) is 0.333. The van der Waals surface area contributed by atoms with Crippen molar-refractivity contribution in [1.29, 1.82) is 0 Å². The third-order valence-electron chi connectivity index (χ3n) is 1.54. The molecule has 0 amide bonds. The van der Waals surface area contributed by atoms with Gasteiger partial charge in [-0.25, -0.2) is 0 Å². The van der Waals surface area contributed by atoms with Crippen LogP contribution in [0.15, 0.2) is 24.3 Å². The molecule has 0 aliphatic rings. The smallest absolute Gasteiger partial charge is 0.0897 e. The Labute approximate surface area is 80.0 Å². The van der Waals surface area contributed by atoms with Crippen molar-refractivity contribution in [1.82, 2.24) is 0 Å². The number of rotatable bonds is 3. The van der Waals surface area contributed by atoms with E-state index in [0.717, 1.165) is 6.42 Å². The van der Waals surface area contributed by atoms with Gasteiger partial charge in [0.15, 0.2) is 0 Å². The van der Waals surface area contributed by atoms with Crippen LogP contribution in [0.25, 0.3) is 0 Å². The highest BCUT2D eigenvalue weighted by molar-refractivity contribution is 14.1. The standard InChI is InChI=1S/C9H10FI/c10-7-3-5-8-4-1-2-6-9(8)11/h1-2,4,6H,3,5,7H2. The van der Waals surface area contributed by atoms with E-state index in [1.807, 2.05) is 18.2 Å². The van der Waals surface area contributed by atoms with Crippen LogP contribution in [0, 0.1) is 3.57 Å². The van der Waals surface area contributed by atoms with E-state index in [1.54, 1.807) is 0 Å². The summed E-state index contributed by atoms with van der Waals surface area (Å²) in [5, 5.41) is 0. The van der Waals surface area contributed by atoms with Crippen molar-refractivity contribution < 1.29 is 4.39 Å². The van der Waals surface area contributed by atoms with Crippen LogP contribution in [0.2, 0.25) is 0 Å². The third kappa shape index (κ3) is 2.77. The van der Waals surface area contributed by atoms with Crippen LogP contribution in [-0.4, -0.2) is 6.67 Å². The SMILES string of the molecule is FCCCc1ccccc1I. The van der Waals surface area contributed by atoms with Crippen LogP contribution < -0.4 is 0 Å². The van der Waals surface area contributed by atoms with Gasteiger partial charge in [0, 0.05) is 3.57 Å². The maximum atomic E-state index is 11.8. The third-order valence-corrected chi connectivity index (χ3v) is 2.59. The molecular formula is C9H10FI. The van der Waals surface area contributed by atoms with Crippen molar-refractivity contribution in [3.8, 4) is 0 Å². The van der Waals surface area contributed by atoms with Crippen molar-refractivity contribution in [2.75, 3.05) is 6.67 Å². The van der Waals surface area contributed by atoms with Crippen LogP contribution in [0.4, 0.5) is 4.39 Å². The molecule has 1 aromatic carbocycles. The Balaban J connectivity index is 2.62. The van der Waals surface area contributed by atoms with Crippen LogP contribution in [0.1, 0.15) is 12.0 Å². The Kier molecular flexibility index (Phi) is 3.83. The summed E-state index contributed by atoms with van der Waals surface area (Å²) in [5.74, 6) is 0. The number of benzene rings is 1. The molecule has 0 heterocycles. The minimum Gasteiger partial charge on any atom is -0.251 e. The van der Waals surface area contributed by atoms with Crippen molar-refractivity contribution >= 4 is 22.6 Å². The summed E-state index contributed by atoms with van der Waals surface area (Å²) < 4.78 is 13.0. The average Bonchev–Trinajstić information content (AvgIpc) is 2.03. The number of hydrogen-bond acceptors (Lipinski definition) is 0. The molecule has 2 heteroatoms. The summed E-state index contributed by atoms with van der Waals surface area (Å²) in [6.45, 7) is -0.217. The summed E-state index contributed by atoms with van der Waals surface area (Å²) in [6.07, 6.45) is 1.50. The second-order valence-electron chi connectivity index (χ2n) is 2.38. The monoisotopic (exact) mass is 264 g/mol. The zero-order valence-electron chi connectivity index (χ0n) is 6.19. The highest BCUT2D eigenvalue weighted by Crippen LogP contribution is 2.12. The molecule has 0 radical (unpaired) electrons. The van der Waals surface area contributed by atoms with Crippen LogP contribution in [0.5, 0.6) is 0 Å². The lowest BCUT2D eigenvalue weighted by Gasteiger charge is -2.00. The van der Waals surface area contributed by atoms with Crippen LogP contribution in [-0.2, 0) is 6.42 Å². The van der Waals surface area contributed by atoms with Gasteiger partial charge in [0.2, 0.25) is 0 Å². The number of halogens is 2. The summed E-state index contributed by atoms with van der Waals surface area (Å²) in [5.41, 5.74) is 1.26. The van der Waals surface area contributed by atoms with Gasteiger partial charge in [-0.15, -0.1) is 0 Å². The van der Waals surface area contributed by atoms with Gasteiger partial charge in [0.05, 0.1) is 6.67 Å². The molecule has 0 atom stereocenters. The van der Waals surface area contributed by atoms with E-state index < -0.39 is 0 Å². The van der Waals surface area contributed by atoms with Gasteiger partial charge in [0.1, 0.15) is 0 Å². The molecule has 0 saturated heterocycles. The van der Waals surface area contributed by atoms with Gasteiger partial charge >= 0.3 is 0 Å². The number of hydrogen-bond donors (Lipinski definition) is 0. The first-order chi connectivity index (χ1) is 5.34. The molecule has 0 aromatic heterocycles. The van der Waals surface area contributed by atoms with Crippen LogP contribution >= 0.6 is 22.6 Å². The quantitative estimate of drug-likeness (QED) is 0.735. The van der Waals surface area contributed by atoms with E-state index in [9.17, 15) is 4.39 Å². The molecule has 0 nitrogen and oxygen atoms in total. The van der Waals surface area contributed by atoms with Crippen molar-refractivity contribution in [3.05, 3.63) is 33.4 Å². The highest BCUT2D eigenvalue weighted by Gasteiger charge is 1.96. The largest absolute Gasteiger partial charge is 0.251 e. The average molecular weight is 264 g/mol. The first-order valence-corrected chi connectivity index (χ1v) is 4.72. The lowest BCUT2D eigenvalue weighted by molar-refractivity contribution is 0.473. The molecule has 0 N–H and O–H groups in total. The van der Waals surface area contributed by atoms with Gasteiger partial charge < -0.3 is 0 Å². The number of alkyl halides is 1. The van der Waals surface area contributed by atoms with Crippen molar-refractivity contribution in [3.63, 3.8) is 0 Å². The Morgan fingerprint density at radius 1 is 1.27 bits per heavy atom. The molecular weight excluding hydrogens is 254 g/mol. The summed E-state index contributed by atoms with van der Waals surface area (Å²) in [7, 11) is 0. The lowest BCUT2D eigenvalue weighted by atomic mass is 10.1. The predicted molar refractivity (Wildman–Crippen MR) is 53.5 cm³/mol. The van der Waals surface area contributed by atoms with Gasteiger partial charge in [-0.05, 0) is 47.1 Å². The van der Waals surface area contributed by atoms with E-state index in [-0.39, 0.29) is 6.67 Å². The first kappa shape index (κ1) is 8.97. The Morgan fingerprint density at radius 2 is 2.00 bits per heavy atom. The molecule has 1 aromatic rings. The van der Waals surface area contributed by atoms with Gasteiger partial charge in [-0.2, -0.15) is 0 Å². The molecule has 0 saturated carbocycles. The van der Waals surface area contributed by atoms with E-state index in [0.29, 0.717) is 6.42 Å². The first-order valence-electron chi connectivity index (χ1n) is 3.64. The van der Waals surface area contributed by atoms with E-state index in [4.69, 9.17) is 0 Å². The van der Waals surface area contributed by atoms with E-state index in [1.165, 1.54) is 9.13 Å². The summed E-state index contributed by atoms with van der Waals surface area (Å²) in [6, 6.07) is 8.10. The maximum absolute atomic E-state index is 11.8. The second kappa shape index (κ2) is 4.70. The minimum absolute atomic E-state index is 0.217. The highest BCUT2D eigenvalue weighted by atomic mass is 127. The number of aryl methyl sites for hydroxylation is 1. The maximum Gasteiger partial charge on any atom is 0.0897 e. The zero-order chi connectivity index (χ0) is 8.10. The minimum atomic E-state index is -0.217. The molecule has 11 heavy (non-hydrogen) atoms. The fourth-order valence-electron chi connectivity index (χ4n) is 0.958. The van der Waals surface area contributed by atoms with Crippen LogP contribution in [0.3, 0.4) is 0 Å². The lowest BCUT2D eigenvalue weighted by Crippen LogP contribution is -1.89. The molecule has 60 valence electrons. The topological polar surface area (TPSA) is 0 Å². The van der Waals surface area contributed by atoms with Gasteiger partial charge in [-0.3, -0.25) is 4.39 Å². The second-order valence-corrected chi connectivity index (χ2v) is 3.55. The normalized spacial score (nSPS) is 10.0. The predicted octanol–water partition coefficient (Wildman–Crippen LogP) is 3.19. The van der Waals surface area contributed by atoms with Gasteiger partial charge in [-0.1, -0.05) is 18.2 Å². The molecule has 0 bridgehead atoms. The Bertz CT molecular complexity index is 223. The summed E-state index contributed by atoms with van der Waals surface area (Å²) >= 11 is 2.28. The zero-order valence-corrected chi connectivity index (χ0v) is 8.34. The molecule has 0 aliphatic heterocycles. The molecule has 1 rings (SSSR count). The Hall–Kier alpha value is -0.120. The van der Waals surface area contributed by atoms with Crippen molar-refractivity contribution in [2.24, 2.45) is 0 Å². The molecule has 0 unspecified atom stereocenters. The van der Waals surface area contributed by atoms with Crippen molar-refractivity contribution in [2.45, 2.75) is 12.8 Å².